The molecule has 2 aromatic carbocycles. The van der Waals surface area contributed by atoms with Crippen LogP contribution in [-0.4, -0.2) is 18.4 Å². The third-order valence-corrected chi connectivity index (χ3v) is 3.88. The van der Waals surface area contributed by atoms with E-state index in [1.807, 2.05) is 0 Å². The van der Waals surface area contributed by atoms with Crippen molar-refractivity contribution in [2.24, 2.45) is 0 Å². The van der Waals surface area contributed by atoms with Crippen molar-refractivity contribution in [1.82, 2.24) is 10.9 Å². The fourth-order valence-electron chi connectivity index (χ4n) is 2.19. The quantitative estimate of drug-likeness (QED) is 0.808. The maximum atomic E-state index is 12.1. The third kappa shape index (κ3) is 3.12. The third-order valence-electron chi connectivity index (χ3n) is 3.35. The minimum atomic E-state index is -0.370. The van der Waals surface area contributed by atoms with E-state index in [0.717, 1.165) is 22.2 Å². The van der Waals surface area contributed by atoms with Gasteiger partial charge in [-0.25, -0.2) is 0 Å². The first-order valence-corrected chi connectivity index (χ1v) is 7.55. The molecule has 0 aliphatic carbocycles. The Morgan fingerprint density at radius 3 is 2.32 bits per heavy atom. The number of halogens is 1. The fourth-order valence-corrected chi connectivity index (χ4v) is 2.45. The molecular formula is C16H13BrN2O3. The first kappa shape index (κ1) is 14.6. The van der Waals surface area contributed by atoms with Crippen molar-refractivity contribution in [3.05, 3.63) is 63.6 Å². The average molecular weight is 361 g/mol. The van der Waals surface area contributed by atoms with Gasteiger partial charge >= 0.3 is 0 Å². The Balaban J connectivity index is 1.62. The average Bonchev–Trinajstić information content (AvgIpc) is 3.00. The van der Waals surface area contributed by atoms with Crippen LogP contribution in [0.1, 0.15) is 26.3 Å². The predicted molar refractivity (Wildman–Crippen MR) is 84.7 cm³/mol. The van der Waals surface area contributed by atoms with Crippen LogP contribution in [0.3, 0.4) is 0 Å². The molecule has 112 valence electrons. The van der Waals surface area contributed by atoms with E-state index in [2.05, 4.69) is 26.8 Å². The molecule has 2 amide bonds. The molecule has 0 bridgehead atoms. The van der Waals surface area contributed by atoms with E-state index >= 15 is 0 Å². The summed E-state index contributed by atoms with van der Waals surface area (Å²) in [5.41, 5.74) is 6.77. The van der Waals surface area contributed by atoms with E-state index < -0.39 is 0 Å². The Morgan fingerprint density at radius 1 is 0.955 bits per heavy atom. The fraction of sp³-hybridized carbons (Fsp3) is 0.125. The van der Waals surface area contributed by atoms with Crippen molar-refractivity contribution in [1.29, 1.82) is 0 Å². The van der Waals surface area contributed by atoms with Crippen LogP contribution in [0.2, 0.25) is 0 Å². The van der Waals surface area contributed by atoms with Crippen molar-refractivity contribution >= 4 is 27.7 Å². The summed E-state index contributed by atoms with van der Waals surface area (Å²) in [5, 5.41) is 0. The normalized spacial score (nSPS) is 12.2. The number of fused-ring (bicyclic) bond motifs is 1. The number of hydrogen-bond donors (Lipinski definition) is 2. The SMILES string of the molecule is O=C(NNC(=O)c1ccc2c(c1)CCO2)c1ccc(Br)cc1. The van der Waals surface area contributed by atoms with E-state index in [9.17, 15) is 9.59 Å². The molecule has 0 fully saturated rings. The molecule has 2 aromatic rings. The Hall–Kier alpha value is -2.34. The number of nitrogens with one attached hydrogen (secondary N) is 2. The van der Waals surface area contributed by atoms with Crippen LogP contribution in [0.25, 0.3) is 0 Å². The number of hydrazine groups is 1. The van der Waals surface area contributed by atoms with E-state index in [4.69, 9.17) is 4.74 Å². The van der Waals surface area contributed by atoms with Gasteiger partial charge in [0.25, 0.3) is 11.8 Å². The summed E-state index contributed by atoms with van der Waals surface area (Å²) in [7, 11) is 0. The van der Waals surface area contributed by atoms with E-state index in [0.29, 0.717) is 17.7 Å². The Kier molecular flexibility index (Phi) is 4.11. The molecule has 2 N–H and O–H groups in total. The molecule has 22 heavy (non-hydrogen) atoms. The molecule has 1 aliphatic rings. The highest BCUT2D eigenvalue weighted by Crippen LogP contribution is 2.25. The summed E-state index contributed by atoms with van der Waals surface area (Å²) in [6.45, 7) is 0.640. The summed E-state index contributed by atoms with van der Waals surface area (Å²) >= 11 is 3.30. The first-order valence-electron chi connectivity index (χ1n) is 6.75. The predicted octanol–water partition coefficient (Wildman–Crippen LogP) is 2.46. The van der Waals surface area contributed by atoms with E-state index in [-0.39, 0.29) is 11.8 Å². The Bertz CT molecular complexity index is 729. The second kappa shape index (κ2) is 6.19. The Morgan fingerprint density at radius 2 is 1.59 bits per heavy atom. The van der Waals surface area contributed by atoms with Crippen molar-refractivity contribution in [3.63, 3.8) is 0 Å². The van der Waals surface area contributed by atoms with Crippen molar-refractivity contribution in [2.45, 2.75) is 6.42 Å². The van der Waals surface area contributed by atoms with Crippen molar-refractivity contribution in [2.75, 3.05) is 6.61 Å². The lowest BCUT2D eigenvalue weighted by Crippen LogP contribution is -2.41. The summed E-state index contributed by atoms with van der Waals surface area (Å²) in [6.07, 6.45) is 0.793. The van der Waals surface area contributed by atoms with Crippen molar-refractivity contribution in [3.8, 4) is 5.75 Å². The van der Waals surface area contributed by atoms with Gasteiger partial charge in [0, 0.05) is 22.0 Å². The number of amides is 2. The van der Waals surface area contributed by atoms with Gasteiger partial charge in [-0.3, -0.25) is 20.4 Å². The molecule has 0 spiro atoms. The highest BCUT2D eigenvalue weighted by atomic mass is 79.9. The molecule has 0 atom stereocenters. The number of carbonyl (C=O) groups is 2. The topological polar surface area (TPSA) is 67.4 Å². The van der Waals surface area contributed by atoms with Crippen LogP contribution < -0.4 is 15.6 Å². The van der Waals surface area contributed by atoms with Gasteiger partial charge in [-0.1, -0.05) is 15.9 Å². The first-order chi connectivity index (χ1) is 10.6. The molecule has 6 heteroatoms. The van der Waals surface area contributed by atoms with Gasteiger partial charge in [-0.2, -0.15) is 0 Å². The highest BCUT2D eigenvalue weighted by Gasteiger charge is 2.15. The maximum Gasteiger partial charge on any atom is 0.269 e. The van der Waals surface area contributed by atoms with Gasteiger partial charge in [0.15, 0.2) is 0 Å². The number of benzene rings is 2. The van der Waals surface area contributed by atoms with Crippen LogP contribution in [0.4, 0.5) is 0 Å². The number of ether oxygens (including phenoxy) is 1. The molecule has 0 radical (unpaired) electrons. The summed E-state index contributed by atoms with van der Waals surface area (Å²) < 4.78 is 6.28. The monoisotopic (exact) mass is 360 g/mol. The molecule has 1 aliphatic heterocycles. The minimum Gasteiger partial charge on any atom is -0.493 e. The minimum absolute atomic E-state index is 0.361. The second-order valence-corrected chi connectivity index (χ2v) is 5.75. The lowest BCUT2D eigenvalue weighted by Gasteiger charge is -2.08. The molecule has 3 rings (SSSR count). The van der Waals surface area contributed by atoms with Crippen molar-refractivity contribution < 1.29 is 14.3 Å². The molecule has 0 aromatic heterocycles. The second-order valence-electron chi connectivity index (χ2n) is 4.84. The zero-order valence-corrected chi connectivity index (χ0v) is 13.1. The summed E-state index contributed by atoms with van der Waals surface area (Å²) in [6, 6.07) is 12.1. The van der Waals surface area contributed by atoms with Gasteiger partial charge in [0.05, 0.1) is 6.61 Å². The van der Waals surface area contributed by atoms with Gasteiger partial charge in [-0.15, -0.1) is 0 Å². The molecule has 0 saturated heterocycles. The van der Waals surface area contributed by atoms with Crippen LogP contribution in [0, 0.1) is 0 Å². The van der Waals surface area contributed by atoms with E-state index in [1.54, 1.807) is 42.5 Å². The van der Waals surface area contributed by atoms with Gasteiger partial charge < -0.3 is 4.74 Å². The number of rotatable bonds is 2. The van der Waals surface area contributed by atoms with Gasteiger partial charge in [-0.05, 0) is 48.0 Å². The summed E-state index contributed by atoms with van der Waals surface area (Å²) in [5.74, 6) is 0.0842. The van der Waals surface area contributed by atoms with Crippen LogP contribution in [-0.2, 0) is 6.42 Å². The lowest BCUT2D eigenvalue weighted by molar-refractivity contribution is 0.0846. The zero-order valence-electron chi connectivity index (χ0n) is 11.6. The number of carbonyl (C=O) groups excluding carboxylic acids is 2. The van der Waals surface area contributed by atoms with Crippen LogP contribution in [0.5, 0.6) is 5.75 Å². The van der Waals surface area contributed by atoms with Crippen LogP contribution >= 0.6 is 15.9 Å². The molecular weight excluding hydrogens is 348 g/mol. The lowest BCUT2D eigenvalue weighted by atomic mass is 10.1. The smallest absolute Gasteiger partial charge is 0.269 e. The standard InChI is InChI=1S/C16H13BrN2O3/c17-13-4-1-10(2-5-13)15(20)18-19-16(21)12-3-6-14-11(9-12)7-8-22-14/h1-6,9H,7-8H2,(H,18,20)(H,19,21). The van der Waals surface area contributed by atoms with Crippen LogP contribution in [0.15, 0.2) is 46.9 Å². The van der Waals surface area contributed by atoms with Gasteiger partial charge in [0.1, 0.15) is 5.75 Å². The molecule has 0 unspecified atom stereocenters. The van der Waals surface area contributed by atoms with E-state index in [1.165, 1.54) is 0 Å². The molecule has 1 heterocycles. The van der Waals surface area contributed by atoms with Gasteiger partial charge in [0.2, 0.25) is 0 Å². The molecule has 5 nitrogen and oxygen atoms in total. The number of hydrogen-bond acceptors (Lipinski definition) is 3. The zero-order chi connectivity index (χ0) is 15.5. The highest BCUT2D eigenvalue weighted by molar-refractivity contribution is 9.10. The maximum absolute atomic E-state index is 12.1. The largest absolute Gasteiger partial charge is 0.493 e. The molecule has 0 saturated carbocycles. The Labute approximate surface area is 135 Å². The summed E-state index contributed by atoms with van der Waals surface area (Å²) in [4.78, 5) is 24.0.